The average Bonchev–Trinajstić information content (AvgIpc) is 2.99. The van der Waals surface area contributed by atoms with Crippen LogP contribution in [0.1, 0.15) is 36.0 Å². The van der Waals surface area contributed by atoms with Crippen molar-refractivity contribution in [1.29, 1.82) is 0 Å². The summed E-state index contributed by atoms with van der Waals surface area (Å²) in [5.74, 6) is 0.277. The van der Waals surface area contributed by atoms with Crippen molar-refractivity contribution < 1.29 is 9.53 Å². The second-order valence-electron chi connectivity index (χ2n) is 7.61. The number of benzene rings is 2. The van der Waals surface area contributed by atoms with E-state index in [0.717, 1.165) is 31.4 Å². The molecular formula is C22H22N2O2. The Bertz CT molecular complexity index is 903. The highest BCUT2D eigenvalue weighted by Gasteiger charge is 2.57. The minimum absolute atomic E-state index is 0.0848. The third-order valence-electron chi connectivity index (χ3n) is 5.96. The zero-order valence-electron chi connectivity index (χ0n) is 14.9. The molecule has 3 aliphatic heterocycles. The van der Waals surface area contributed by atoms with Crippen LogP contribution in [0.25, 0.3) is 0 Å². The molecule has 0 aliphatic carbocycles. The number of carbonyl (C=O) groups is 1. The number of nitrogens with zero attached hydrogens (tertiary/aromatic N) is 2. The number of ether oxygens (including phenoxy) is 1. The van der Waals surface area contributed by atoms with Crippen molar-refractivity contribution in [2.24, 2.45) is 4.99 Å². The van der Waals surface area contributed by atoms with Crippen LogP contribution in [0.2, 0.25) is 0 Å². The molecule has 0 saturated carbocycles. The van der Waals surface area contributed by atoms with E-state index in [2.05, 4.69) is 23.1 Å². The Kier molecular flexibility index (Phi) is 3.42. The number of carbonyl (C=O) groups excluding carboxylic acids is 1. The highest BCUT2D eigenvalue weighted by atomic mass is 16.6. The third-order valence-corrected chi connectivity index (χ3v) is 5.96. The predicted molar refractivity (Wildman–Crippen MR) is 102 cm³/mol. The van der Waals surface area contributed by atoms with E-state index in [4.69, 9.17) is 9.73 Å². The zero-order valence-corrected chi connectivity index (χ0v) is 14.9. The molecule has 0 bridgehead atoms. The Morgan fingerprint density at radius 1 is 1.12 bits per heavy atom. The van der Waals surface area contributed by atoms with Crippen LogP contribution in [0.5, 0.6) is 0 Å². The number of cyclic esters (lactones) is 1. The first-order valence-electron chi connectivity index (χ1n) is 9.41. The summed E-state index contributed by atoms with van der Waals surface area (Å²) >= 11 is 0. The Morgan fingerprint density at radius 2 is 1.92 bits per heavy atom. The van der Waals surface area contributed by atoms with Gasteiger partial charge >= 0.3 is 5.97 Å². The summed E-state index contributed by atoms with van der Waals surface area (Å²) in [6.45, 7) is 3.03. The first-order valence-corrected chi connectivity index (χ1v) is 9.41. The molecule has 4 heteroatoms. The van der Waals surface area contributed by atoms with Gasteiger partial charge in [-0.15, -0.1) is 0 Å². The molecule has 4 nitrogen and oxygen atoms in total. The molecule has 2 atom stereocenters. The second-order valence-corrected chi connectivity index (χ2v) is 7.61. The van der Waals surface area contributed by atoms with Crippen LogP contribution < -0.4 is 4.90 Å². The molecule has 0 radical (unpaired) electrons. The molecule has 132 valence electrons. The van der Waals surface area contributed by atoms with Crippen molar-refractivity contribution in [3.63, 3.8) is 0 Å². The van der Waals surface area contributed by atoms with Gasteiger partial charge in [0.2, 0.25) is 5.90 Å². The monoisotopic (exact) mass is 346 g/mol. The lowest BCUT2D eigenvalue weighted by Crippen LogP contribution is -2.61. The van der Waals surface area contributed by atoms with E-state index in [9.17, 15) is 4.79 Å². The molecule has 5 rings (SSSR count). The van der Waals surface area contributed by atoms with Gasteiger partial charge in [0.15, 0.2) is 5.54 Å². The van der Waals surface area contributed by atoms with E-state index in [-0.39, 0.29) is 12.0 Å². The molecule has 0 N–H and O–H groups in total. The number of anilines is 1. The van der Waals surface area contributed by atoms with Crippen LogP contribution in [-0.2, 0) is 16.0 Å². The fraction of sp³-hybridized carbons (Fsp3) is 0.364. The molecule has 1 saturated heterocycles. The van der Waals surface area contributed by atoms with Crippen LogP contribution >= 0.6 is 0 Å². The van der Waals surface area contributed by atoms with Crippen molar-refractivity contribution in [3.05, 3.63) is 65.2 Å². The van der Waals surface area contributed by atoms with Gasteiger partial charge in [0.05, 0.1) is 6.04 Å². The second kappa shape index (κ2) is 5.70. The van der Waals surface area contributed by atoms with Gasteiger partial charge in [-0.05, 0) is 49.9 Å². The van der Waals surface area contributed by atoms with E-state index in [0.29, 0.717) is 12.3 Å². The first kappa shape index (κ1) is 15.6. The molecule has 2 aromatic carbocycles. The smallest absolute Gasteiger partial charge is 0.343 e. The minimum atomic E-state index is -0.811. The number of hydrogen-bond donors (Lipinski definition) is 0. The first-order chi connectivity index (χ1) is 12.7. The largest absolute Gasteiger partial charge is 0.405 e. The number of aliphatic imine (C=N–C) groups is 1. The third kappa shape index (κ3) is 2.21. The lowest BCUT2D eigenvalue weighted by molar-refractivity contribution is -0.140. The number of aryl methyl sites for hydroxylation is 1. The maximum Gasteiger partial charge on any atom is 0.343 e. The molecule has 1 spiro atoms. The maximum absolute atomic E-state index is 13.1. The van der Waals surface area contributed by atoms with Crippen LogP contribution in [-0.4, -0.2) is 30.0 Å². The normalized spacial score (nSPS) is 27.0. The highest BCUT2D eigenvalue weighted by molar-refractivity contribution is 6.09. The van der Waals surface area contributed by atoms with Crippen molar-refractivity contribution in [2.75, 3.05) is 11.4 Å². The number of esters is 1. The summed E-state index contributed by atoms with van der Waals surface area (Å²) < 4.78 is 5.73. The Labute approximate surface area is 153 Å². The number of piperidine rings is 1. The molecule has 26 heavy (non-hydrogen) atoms. The molecule has 0 amide bonds. The molecule has 0 aromatic heterocycles. The molecular weight excluding hydrogens is 324 g/mol. The van der Waals surface area contributed by atoms with E-state index < -0.39 is 5.54 Å². The highest BCUT2D eigenvalue weighted by Crippen LogP contribution is 2.45. The van der Waals surface area contributed by atoms with E-state index in [1.165, 1.54) is 16.8 Å². The Hall–Kier alpha value is -2.62. The summed E-state index contributed by atoms with van der Waals surface area (Å²) in [4.78, 5) is 20.4. The van der Waals surface area contributed by atoms with Gasteiger partial charge in [0.1, 0.15) is 0 Å². The van der Waals surface area contributed by atoms with E-state index in [1.54, 1.807) is 0 Å². The predicted octanol–water partition coefficient (Wildman–Crippen LogP) is 3.65. The Balaban J connectivity index is 1.62. The van der Waals surface area contributed by atoms with Crippen molar-refractivity contribution >= 4 is 17.6 Å². The van der Waals surface area contributed by atoms with Gasteiger partial charge in [-0.1, -0.05) is 35.9 Å². The topological polar surface area (TPSA) is 41.9 Å². The van der Waals surface area contributed by atoms with E-state index >= 15 is 0 Å². The molecule has 1 fully saturated rings. The molecule has 3 heterocycles. The quantitative estimate of drug-likeness (QED) is 0.740. The zero-order chi connectivity index (χ0) is 17.7. The number of hydrogen-bond acceptors (Lipinski definition) is 4. The molecule has 3 aliphatic rings. The van der Waals surface area contributed by atoms with Crippen molar-refractivity contribution in [3.8, 4) is 0 Å². The van der Waals surface area contributed by atoms with E-state index in [1.807, 2.05) is 37.3 Å². The fourth-order valence-corrected chi connectivity index (χ4v) is 4.63. The number of rotatable bonds is 1. The summed E-state index contributed by atoms with van der Waals surface area (Å²) in [5, 5.41) is 0. The van der Waals surface area contributed by atoms with Crippen LogP contribution in [0.3, 0.4) is 0 Å². The molecule has 2 aromatic rings. The van der Waals surface area contributed by atoms with Gasteiger partial charge in [0, 0.05) is 24.2 Å². The SMILES string of the molecule is Cc1ccc(C2=N[C@@]3(Cc4ccccc4N4CCCC[C@@H]43)C(=O)O2)cc1. The number of para-hydroxylation sites is 1. The van der Waals surface area contributed by atoms with Gasteiger partial charge < -0.3 is 9.64 Å². The van der Waals surface area contributed by atoms with Crippen LogP contribution in [0.4, 0.5) is 5.69 Å². The minimum Gasteiger partial charge on any atom is -0.405 e. The van der Waals surface area contributed by atoms with Crippen molar-refractivity contribution in [1.82, 2.24) is 0 Å². The average molecular weight is 346 g/mol. The van der Waals surface area contributed by atoms with Gasteiger partial charge in [-0.3, -0.25) is 0 Å². The maximum atomic E-state index is 13.1. The van der Waals surface area contributed by atoms with Gasteiger partial charge in [0.25, 0.3) is 0 Å². The lowest BCUT2D eigenvalue weighted by Gasteiger charge is -2.48. The Morgan fingerprint density at radius 3 is 2.77 bits per heavy atom. The van der Waals surface area contributed by atoms with Crippen LogP contribution in [0, 0.1) is 6.92 Å². The summed E-state index contributed by atoms with van der Waals surface area (Å²) in [7, 11) is 0. The van der Waals surface area contributed by atoms with Gasteiger partial charge in [-0.25, -0.2) is 9.79 Å². The summed E-state index contributed by atoms with van der Waals surface area (Å²) in [6, 6.07) is 16.5. The standard InChI is InChI=1S/C22H22N2O2/c1-15-9-11-16(12-10-15)20-23-22(21(25)26-20)14-17-6-2-3-7-18(17)24-13-5-4-8-19(22)24/h2-3,6-7,9-12,19H,4-5,8,13-14H2,1H3/t19-,22-/m1/s1. The summed E-state index contributed by atoms with van der Waals surface area (Å²) in [5.41, 5.74) is 3.70. The van der Waals surface area contributed by atoms with Crippen molar-refractivity contribution in [2.45, 2.75) is 44.2 Å². The van der Waals surface area contributed by atoms with Crippen LogP contribution in [0.15, 0.2) is 53.5 Å². The molecule has 0 unspecified atom stereocenters. The number of fused-ring (bicyclic) bond motifs is 4. The lowest BCUT2D eigenvalue weighted by atomic mass is 9.75. The fourth-order valence-electron chi connectivity index (χ4n) is 4.63. The van der Waals surface area contributed by atoms with Gasteiger partial charge in [-0.2, -0.15) is 0 Å². The summed E-state index contributed by atoms with van der Waals surface area (Å²) in [6.07, 6.45) is 3.89.